The Morgan fingerprint density at radius 1 is 1.09 bits per heavy atom. The summed E-state index contributed by atoms with van der Waals surface area (Å²) in [5.41, 5.74) is 3.92. The summed E-state index contributed by atoms with van der Waals surface area (Å²) >= 11 is 0. The maximum Gasteiger partial charge on any atom is 0.230 e. The molecule has 8 heteroatoms. The molecule has 0 heterocycles. The molecule has 4 aliphatic carbocycles. The molecule has 3 saturated carbocycles. The van der Waals surface area contributed by atoms with Crippen molar-refractivity contribution in [1.29, 1.82) is 0 Å². The van der Waals surface area contributed by atoms with E-state index in [4.69, 9.17) is 5.73 Å². The lowest BCUT2D eigenvalue weighted by Crippen LogP contribution is -2.66. The van der Waals surface area contributed by atoms with Gasteiger partial charge in [-0.15, -0.1) is 0 Å². The zero-order valence-corrected chi connectivity index (χ0v) is 19.3. The third kappa shape index (κ3) is 3.57. The lowest BCUT2D eigenvalue weighted by molar-refractivity contribution is -0.174. The van der Waals surface area contributed by atoms with E-state index in [-0.39, 0.29) is 36.1 Å². The predicted molar refractivity (Wildman–Crippen MR) is 125 cm³/mol. The van der Waals surface area contributed by atoms with E-state index in [1.807, 2.05) is 0 Å². The Morgan fingerprint density at radius 2 is 1.80 bits per heavy atom. The Morgan fingerprint density at radius 3 is 2.49 bits per heavy atom. The highest BCUT2D eigenvalue weighted by atomic mass is 16.3. The van der Waals surface area contributed by atoms with Crippen LogP contribution in [0.2, 0.25) is 0 Å². The van der Waals surface area contributed by atoms with E-state index >= 15 is 0 Å². The Kier molecular flexibility index (Phi) is 5.73. The van der Waals surface area contributed by atoms with Crippen molar-refractivity contribution >= 4 is 23.2 Å². The van der Waals surface area contributed by atoms with Crippen LogP contribution in [0, 0.1) is 35.5 Å². The fraction of sp³-hybridized carbons (Fsp3) is 0.519. The van der Waals surface area contributed by atoms with Gasteiger partial charge in [0.25, 0.3) is 0 Å². The average molecular weight is 480 g/mol. The summed E-state index contributed by atoms with van der Waals surface area (Å²) in [7, 11) is 0. The molecule has 0 bridgehead atoms. The van der Waals surface area contributed by atoms with Gasteiger partial charge in [0.2, 0.25) is 11.7 Å². The van der Waals surface area contributed by atoms with Gasteiger partial charge >= 0.3 is 0 Å². The highest BCUT2D eigenvalue weighted by Gasteiger charge is 2.63. The molecule has 0 radical (unpaired) electrons. The van der Waals surface area contributed by atoms with Crippen LogP contribution in [0.15, 0.2) is 17.7 Å². The van der Waals surface area contributed by atoms with Crippen molar-refractivity contribution in [3.63, 3.8) is 0 Å². The van der Waals surface area contributed by atoms with Crippen LogP contribution >= 0.6 is 0 Å². The number of nitrogens with two attached hydrogens (primary N) is 1. The topological polar surface area (TPSA) is 158 Å². The number of aromatic hydroxyl groups is 1. The third-order valence-electron chi connectivity index (χ3n) is 8.28. The van der Waals surface area contributed by atoms with E-state index in [1.165, 1.54) is 12.5 Å². The van der Waals surface area contributed by atoms with E-state index in [9.17, 15) is 34.8 Å². The largest absolute Gasteiger partial charge is 0.507 e. The maximum atomic E-state index is 13.5. The average Bonchev–Trinajstić information content (AvgIpc) is 2.81. The number of ketones is 2. The summed E-state index contributed by atoms with van der Waals surface area (Å²) in [4.78, 5) is 38.3. The summed E-state index contributed by atoms with van der Waals surface area (Å²) < 4.78 is 0. The van der Waals surface area contributed by atoms with Crippen molar-refractivity contribution < 1.29 is 34.8 Å². The minimum absolute atomic E-state index is 0.0804. The first-order valence-corrected chi connectivity index (χ1v) is 12.2. The number of rotatable bonds is 1. The van der Waals surface area contributed by atoms with Gasteiger partial charge in [-0.05, 0) is 55.7 Å². The summed E-state index contributed by atoms with van der Waals surface area (Å²) in [6.45, 7) is 0. The van der Waals surface area contributed by atoms with Crippen molar-refractivity contribution in [2.24, 2.45) is 29.4 Å². The van der Waals surface area contributed by atoms with Gasteiger partial charge in [-0.25, -0.2) is 0 Å². The van der Waals surface area contributed by atoms with Gasteiger partial charge in [-0.3, -0.25) is 14.4 Å². The van der Waals surface area contributed by atoms with Crippen LogP contribution < -0.4 is 5.73 Å². The Hall–Kier alpha value is -3.15. The summed E-state index contributed by atoms with van der Waals surface area (Å²) in [6, 6.07) is 3.12. The Labute approximate surface area is 202 Å². The second-order valence-corrected chi connectivity index (χ2v) is 10.3. The van der Waals surface area contributed by atoms with Crippen LogP contribution in [-0.2, 0) is 20.8 Å². The quantitative estimate of drug-likeness (QED) is 0.302. The van der Waals surface area contributed by atoms with Crippen molar-refractivity contribution in [1.82, 2.24) is 0 Å². The van der Waals surface area contributed by atoms with Gasteiger partial charge < -0.3 is 26.2 Å². The van der Waals surface area contributed by atoms with Crippen molar-refractivity contribution in [2.75, 3.05) is 0 Å². The molecule has 3 fully saturated rings. The van der Waals surface area contributed by atoms with Crippen molar-refractivity contribution in [2.45, 2.75) is 63.1 Å². The minimum atomic E-state index is -2.57. The standard InChI is InChI=1S/C27H29NO7/c28-26(34)22-19(30)12-16-10-15-11-17-14(7-6-13-4-2-1-3-5-13)8-9-18(29)21(17)23(31)20(15)24(32)27(16,35)25(22)33/h8-9,13,15-16,19,22,29-31,35H,1-5,10-12H2,(H2,28,34)/t15-,16+,19?,22?,27+/m1/s1. The van der Waals surface area contributed by atoms with Crippen molar-refractivity contribution in [3.05, 3.63) is 34.4 Å². The molecule has 1 amide bonds. The maximum absolute atomic E-state index is 13.5. The second-order valence-electron chi connectivity index (χ2n) is 10.3. The first-order chi connectivity index (χ1) is 16.6. The number of Topliss-reactive ketones (excluding diaryl/α,β-unsaturated/α-hetero) is 2. The van der Waals surface area contributed by atoms with Gasteiger partial charge in [0.1, 0.15) is 17.4 Å². The number of primary amides is 1. The number of aliphatic hydroxyl groups excluding tert-OH is 2. The van der Waals surface area contributed by atoms with Crippen LogP contribution in [0.3, 0.4) is 0 Å². The number of carbonyl (C=O) groups excluding carboxylic acids is 3. The van der Waals surface area contributed by atoms with Crippen LogP contribution in [0.1, 0.15) is 61.6 Å². The smallest absolute Gasteiger partial charge is 0.230 e. The van der Waals surface area contributed by atoms with Crippen LogP contribution in [0.5, 0.6) is 5.75 Å². The number of amides is 1. The molecular weight excluding hydrogens is 450 g/mol. The molecule has 2 unspecified atom stereocenters. The van der Waals surface area contributed by atoms with E-state index in [0.29, 0.717) is 17.0 Å². The second kappa shape index (κ2) is 8.51. The number of benzene rings is 1. The molecule has 4 aliphatic rings. The van der Waals surface area contributed by atoms with E-state index in [1.54, 1.807) is 6.07 Å². The molecule has 1 aromatic carbocycles. The predicted octanol–water partition coefficient (Wildman–Crippen LogP) is 1.52. The van der Waals surface area contributed by atoms with Crippen LogP contribution in [0.4, 0.5) is 0 Å². The number of phenolic OH excluding ortho intramolecular Hbond substituents is 1. The van der Waals surface area contributed by atoms with Crippen LogP contribution in [0.25, 0.3) is 5.76 Å². The van der Waals surface area contributed by atoms with Crippen molar-refractivity contribution in [3.8, 4) is 17.6 Å². The van der Waals surface area contributed by atoms with Gasteiger partial charge in [-0.2, -0.15) is 0 Å². The normalized spacial score (nSPS) is 32.7. The molecule has 6 N–H and O–H groups in total. The van der Waals surface area contributed by atoms with Crippen LogP contribution in [-0.4, -0.2) is 49.6 Å². The molecule has 1 aromatic rings. The van der Waals surface area contributed by atoms with E-state index in [0.717, 1.165) is 25.7 Å². The number of hydrogen-bond donors (Lipinski definition) is 5. The SMILES string of the molecule is NC(=O)C1C(=O)[C@@]2(O)C(=O)C3=C(O)c4c(O)ccc(C#CC5CCCCC5)c4C[C@H]3C[C@H]2CC1O. The molecule has 35 heavy (non-hydrogen) atoms. The first kappa shape index (κ1) is 23.6. The number of fused-ring (bicyclic) bond motifs is 3. The van der Waals surface area contributed by atoms with E-state index in [2.05, 4.69) is 11.8 Å². The molecule has 184 valence electrons. The molecule has 0 spiro atoms. The first-order valence-electron chi connectivity index (χ1n) is 12.2. The summed E-state index contributed by atoms with van der Waals surface area (Å²) in [5.74, 6) is -0.289. The summed E-state index contributed by atoms with van der Waals surface area (Å²) in [5, 5.41) is 43.4. The lowest BCUT2D eigenvalue weighted by Gasteiger charge is -2.48. The molecule has 5 rings (SSSR count). The summed E-state index contributed by atoms with van der Waals surface area (Å²) in [6.07, 6.45) is 4.48. The molecule has 5 atom stereocenters. The Balaban J connectivity index is 1.58. The third-order valence-corrected chi connectivity index (χ3v) is 8.28. The highest BCUT2D eigenvalue weighted by Crippen LogP contribution is 2.51. The molecule has 0 aliphatic heterocycles. The number of carbonyl (C=O) groups is 3. The van der Waals surface area contributed by atoms with Gasteiger partial charge in [0.15, 0.2) is 11.4 Å². The molecular formula is C27H29NO7. The van der Waals surface area contributed by atoms with E-state index < -0.39 is 52.7 Å². The highest BCUT2D eigenvalue weighted by molar-refractivity contribution is 6.24. The zero-order chi connectivity index (χ0) is 25.1. The van der Waals surface area contributed by atoms with Gasteiger partial charge in [-0.1, -0.05) is 31.1 Å². The number of phenols is 1. The fourth-order valence-corrected chi connectivity index (χ4v) is 6.47. The monoisotopic (exact) mass is 479 g/mol. The van der Waals surface area contributed by atoms with Gasteiger partial charge in [0.05, 0.1) is 11.7 Å². The number of hydrogen-bond acceptors (Lipinski definition) is 7. The fourth-order valence-electron chi connectivity index (χ4n) is 6.47. The lowest BCUT2D eigenvalue weighted by atomic mass is 9.56. The van der Waals surface area contributed by atoms with Gasteiger partial charge in [0, 0.05) is 23.0 Å². The number of aliphatic hydroxyl groups is 3. The zero-order valence-electron chi connectivity index (χ0n) is 19.3. The molecule has 8 nitrogen and oxygen atoms in total. The molecule has 0 saturated heterocycles. The Bertz CT molecular complexity index is 1220. The molecule has 0 aromatic heterocycles. The minimum Gasteiger partial charge on any atom is -0.507 e.